The molecule has 11 nitrogen and oxygen atoms in total. The fourth-order valence-electron chi connectivity index (χ4n) is 4.59. The number of hydrogen-bond donors (Lipinski definition) is 5. The number of amides is 2. The number of nitrogens with zero attached hydrogens (tertiary/aromatic N) is 4. The largest absolute Gasteiger partial charge is 0.379 e. The third kappa shape index (κ3) is 6.47. The van der Waals surface area contributed by atoms with E-state index in [9.17, 15) is 9.59 Å². The summed E-state index contributed by atoms with van der Waals surface area (Å²) in [5, 5.41) is 18.0. The topological polar surface area (TPSA) is 151 Å². The van der Waals surface area contributed by atoms with Crippen LogP contribution in [0.1, 0.15) is 62.4 Å². The maximum atomic E-state index is 13.1. The number of nitrogens with two attached hydrogens (primary N) is 1. The molecular weight excluding hydrogens is 494 g/mol. The van der Waals surface area contributed by atoms with E-state index in [4.69, 9.17) is 22.4 Å². The molecule has 2 aliphatic carbocycles. The molecule has 37 heavy (non-hydrogen) atoms. The van der Waals surface area contributed by atoms with Crippen molar-refractivity contribution < 1.29 is 9.59 Å². The first-order valence-corrected chi connectivity index (χ1v) is 13.1. The van der Waals surface area contributed by atoms with E-state index in [0.29, 0.717) is 40.5 Å². The molecule has 0 aromatic carbocycles. The molecule has 0 saturated heterocycles. The molecule has 1 atom stereocenters. The highest BCUT2D eigenvalue weighted by atomic mass is 35.5. The minimum atomic E-state index is -0.347. The van der Waals surface area contributed by atoms with Gasteiger partial charge in [0.15, 0.2) is 11.3 Å². The van der Waals surface area contributed by atoms with Crippen molar-refractivity contribution >= 4 is 46.3 Å². The number of imidazole rings is 1. The molecule has 0 unspecified atom stereocenters. The van der Waals surface area contributed by atoms with Gasteiger partial charge in [0.2, 0.25) is 5.91 Å². The fourth-order valence-corrected chi connectivity index (χ4v) is 4.77. The summed E-state index contributed by atoms with van der Waals surface area (Å²) >= 11 is 5.96. The predicted molar refractivity (Wildman–Crippen MR) is 143 cm³/mol. The number of carbonyl (C=O) groups is 2. The highest BCUT2D eigenvalue weighted by Gasteiger charge is 2.26. The number of aromatic nitrogens is 4. The second-order valence-electron chi connectivity index (χ2n) is 10.0. The van der Waals surface area contributed by atoms with Crippen LogP contribution < -0.4 is 27.0 Å². The molecule has 196 valence electrons. The molecule has 2 saturated carbocycles. The first kappa shape index (κ1) is 25.2. The Kier molecular flexibility index (Phi) is 7.43. The molecule has 5 rings (SSSR count). The Balaban J connectivity index is 1.31. The summed E-state index contributed by atoms with van der Waals surface area (Å²) in [7, 11) is 0. The van der Waals surface area contributed by atoms with Crippen molar-refractivity contribution in [3.63, 3.8) is 0 Å². The zero-order chi connectivity index (χ0) is 25.9. The van der Waals surface area contributed by atoms with Crippen molar-refractivity contribution in [3.05, 3.63) is 41.4 Å². The molecule has 3 aromatic heterocycles. The maximum Gasteiger partial charge on any atom is 0.276 e. The average Bonchev–Trinajstić information content (AvgIpc) is 3.55. The molecule has 6 N–H and O–H groups in total. The van der Waals surface area contributed by atoms with Crippen molar-refractivity contribution in [2.75, 3.05) is 16.0 Å². The van der Waals surface area contributed by atoms with Crippen molar-refractivity contribution in [1.82, 2.24) is 24.9 Å². The molecule has 2 amide bonds. The number of fused-ring (bicyclic) bond motifs is 1. The Morgan fingerprint density at radius 1 is 1.08 bits per heavy atom. The van der Waals surface area contributed by atoms with Crippen molar-refractivity contribution in [3.8, 4) is 0 Å². The van der Waals surface area contributed by atoms with E-state index < -0.39 is 0 Å². The van der Waals surface area contributed by atoms with Gasteiger partial charge in [-0.25, -0.2) is 14.5 Å². The molecule has 12 heteroatoms. The third-order valence-electron chi connectivity index (χ3n) is 6.57. The lowest BCUT2D eigenvalue weighted by Crippen LogP contribution is -2.41. The number of pyridine rings is 1. The van der Waals surface area contributed by atoms with Crippen LogP contribution >= 0.6 is 11.6 Å². The molecule has 0 aliphatic heterocycles. The Morgan fingerprint density at radius 2 is 1.78 bits per heavy atom. The summed E-state index contributed by atoms with van der Waals surface area (Å²) < 4.78 is 1.57. The summed E-state index contributed by atoms with van der Waals surface area (Å²) in [4.78, 5) is 33.6. The Morgan fingerprint density at radius 3 is 2.49 bits per heavy atom. The van der Waals surface area contributed by atoms with Gasteiger partial charge >= 0.3 is 0 Å². The maximum absolute atomic E-state index is 13.1. The van der Waals surface area contributed by atoms with Gasteiger partial charge in [-0.1, -0.05) is 11.6 Å². The molecule has 2 fully saturated rings. The number of hydrogen-bond acceptors (Lipinski definition) is 8. The van der Waals surface area contributed by atoms with Gasteiger partial charge in [0.1, 0.15) is 11.0 Å². The summed E-state index contributed by atoms with van der Waals surface area (Å²) in [6, 6.07) is 5.85. The van der Waals surface area contributed by atoms with Gasteiger partial charge in [0, 0.05) is 48.5 Å². The standard InChI is InChI=1S/C25H32ClN9O2/c1-14(27)10-23(36)32-17-6-4-16(5-7-17)31-22-12-19(30-15-2-3-15)24-29-13-20(35(24)34-22)25(37)33-18-8-9-28-21(26)11-18/h8-9,11-17,30H,2-7,10,27H2,1H3,(H,31,34)(H,32,36)(H,28,33,37)/t14-,16-,17-/m0/s1. The first-order chi connectivity index (χ1) is 17.8. The van der Waals surface area contributed by atoms with Crippen LogP contribution in [0.5, 0.6) is 0 Å². The van der Waals surface area contributed by atoms with E-state index in [2.05, 4.69) is 31.2 Å². The van der Waals surface area contributed by atoms with Gasteiger partial charge in [-0.15, -0.1) is 5.10 Å². The second kappa shape index (κ2) is 10.9. The van der Waals surface area contributed by atoms with E-state index in [0.717, 1.165) is 44.2 Å². The summed E-state index contributed by atoms with van der Waals surface area (Å²) in [6.45, 7) is 1.83. The van der Waals surface area contributed by atoms with Gasteiger partial charge in [0.25, 0.3) is 5.91 Å². The lowest BCUT2D eigenvalue weighted by molar-refractivity contribution is -0.122. The van der Waals surface area contributed by atoms with Gasteiger partial charge in [-0.05, 0) is 57.6 Å². The van der Waals surface area contributed by atoms with E-state index in [1.165, 1.54) is 12.4 Å². The summed E-state index contributed by atoms with van der Waals surface area (Å²) in [5.41, 5.74) is 8.01. The fraction of sp³-hybridized carbons (Fsp3) is 0.480. The lowest BCUT2D eigenvalue weighted by atomic mass is 9.91. The smallest absolute Gasteiger partial charge is 0.276 e. The van der Waals surface area contributed by atoms with Gasteiger partial charge in [0.05, 0.1) is 11.9 Å². The van der Waals surface area contributed by atoms with Gasteiger partial charge in [-0.3, -0.25) is 9.59 Å². The van der Waals surface area contributed by atoms with Gasteiger partial charge < -0.3 is 27.0 Å². The van der Waals surface area contributed by atoms with Crippen LogP contribution in [0.15, 0.2) is 30.6 Å². The molecule has 2 aliphatic rings. The van der Waals surface area contributed by atoms with Crippen LogP contribution in [0, 0.1) is 0 Å². The third-order valence-corrected chi connectivity index (χ3v) is 6.78. The van der Waals surface area contributed by atoms with Gasteiger partial charge in [-0.2, -0.15) is 0 Å². The zero-order valence-corrected chi connectivity index (χ0v) is 21.5. The molecule has 0 spiro atoms. The predicted octanol–water partition coefficient (Wildman–Crippen LogP) is 3.18. The summed E-state index contributed by atoms with van der Waals surface area (Å²) in [6.07, 6.45) is 9.16. The quantitative estimate of drug-likeness (QED) is 0.267. The SMILES string of the molecule is C[C@H](N)CC(=O)N[C@H]1CC[C@H](Nc2cc(NC3CC3)c3ncc(C(=O)Nc4ccnc(Cl)c4)n3n2)CC1. The Hall–Kier alpha value is -3.44. The molecule has 0 bridgehead atoms. The van der Waals surface area contributed by atoms with Crippen molar-refractivity contribution in [2.24, 2.45) is 5.73 Å². The zero-order valence-electron chi connectivity index (χ0n) is 20.7. The van der Waals surface area contributed by atoms with Crippen LogP contribution in [-0.4, -0.2) is 55.6 Å². The molecular formula is C25H32ClN9O2. The van der Waals surface area contributed by atoms with Crippen molar-refractivity contribution in [2.45, 2.75) is 76.0 Å². The summed E-state index contributed by atoms with van der Waals surface area (Å²) in [5.74, 6) is 0.327. The highest BCUT2D eigenvalue weighted by molar-refractivity contribution is 6.29. The van der Waals surface area contributed by atoms with Crippen LogP contribution in [0.25, 0.3) is 5.65 Å². The minimum Gasteiger partial charge on any atom is -0.379 e. The van der Waals surface area contributed by atoms with E-state index >= 15 is 0 Å². The first-order valence-electron chi connectivity index (χ1n) is 12.7. The molecule has 3 aromatic rings. The van der Waals surface area contributed by atoms with Crippen LogP contribution in [-0.2, 0) is 4.79 Å². The normalized spacial score (nSPS) is 20.3. The van der Waals surface area contributed by atoms with Crippen LogP contribution in [0.2, 0.25) is 5.15 Å². The van der Waals surface area contributed by atoms with Crippen molar-refractivity contribution in [1.29, 1.82) is 0 Å². The van der Waals surface area contributed by atoms with E-state index in [1.54, 1.807) is 16.6 Å². The number of rotatable bonds is 9. The Labute approximate surface area is 219 Å². The minimum absolute atomic E-state index is 0.00858. The van der Waals surface area contributed by atoms with E-state index in [-0.39, 0.29) is 29.9 Å². The van der Waals surface area contributed by atoms with Crippen LogP contribution in [0.4, 0.5) is 17.2 Å². The molecule has 0 radical (unpaired) electrons. The number of halogens is 1. The lowest BCUT2D eigenvalue weighted by Gasteiger charge is -2.30. The van der Waals surface area contributed by atoms with Crippen LogP contribution in [0.3, 0.4) is 0 Å². The molecule has 3 heterocycles. The second-order valence-corrected chi connectivity index (χ2v) is 10.4. The number of carbonyl (C=O) groups excluding carboxylic acids is 2. The number of nitrogens with one attached hydrogen (secondary N) is 4. The van der Waals surface area contributed by atoms with E-state index in [1.807, 2.05) is 13.0 Å². The monoisotopic (exact) mass is 525 g/mol. The highest BCUT2D eigenvalue weighted by Crippen LogP contribution is 2.30. The number of anilines is 3. The average molecular weight is 526 g/mol. The Bertz CT molecular complexity index is 1280.